The minimum atomic E-state index is -0.551. The first-order chi connectivity index (χ1) is 7.04. The topological polar surface area (TPSA) is 58.3 Å². The first kappa shape index (κ1) is 12.3. The summed E-state index contributed by atoms with van der Waals surface area (Å²) >= 11 is 5.78. The Labute approximate surface area is 95.2 Å². The van der Waals surface area contributed by atoms with Crippen LogP contribution < -0.4 is 11.1 Å². The van der Waals surface area contributed by atoms with Crippen LogP contribution in [0.4, 0.5) is 5.69 Å². The Morgan fingerprint density at radius 3 is 2.73 bits per heavy atom. The van der Waals surface area contributed by atoms with Crippen LogP contribution in [0.2, 0.25) is 5.02 Å². The van der Waals surface area contributed by atoms with Crippen molar-refractivity contribution in [3.05, 3.63) is 28.8 Å². The van der Waals surface area contributed by atoms with Crippen LogP contribution in [-0.2, 0) is 0 Å². The number of benzene rings is 1. The molecule has 0 fully saturated rings. The molecule has 1 aromatic rings. The molecule has 0 amide bonds. The lowest BCUT2D eigenvalue weighted by atomic mass is 10.0. The maximum atomic E-state index is 9.93. The van der Waals surface area contributed by atoms with E-state index in [0.29, 0.717) is 17.1 Å². The number of hydrogen-bond acceptors (Lipinski definition) is 3. The molecule has 0 saturated carbocycles. The molecule has 0 aliphatic carbocycles. The van der Waals surface area contributed by atoms with Crippen molar-refractivity contribution in [3.8, 4) is 0 Å². The van der Waals surface area contributed by atoms with Crippen LogP contribution in [0.25, 0.3) is 0 Å². The number of halogens is 1. The van der Waals surface area contributed by atoms with Crippen molar-refractivity contribution in [2.75, 3.05) is 12.8 Å². The molecule has 0 aliphatic heterocycles. The SMILES string of the molecule is CNC(C)CC(O)c1ccc(Cl)cc1N. The molecule has 2 unspecified atom stereocenters. The van der Waals surface area contributed by atoms with Crippen LogP contribution in [0.15, 0.2) is 18.2 Å². The van der Waals surface area contributed by atoms with Crippen LogP contribution in [0.1, 0.15) is 25.0 Å². The average molecular weight is 229 g/mol. The summed E-state index contributed by atoms with van der Waals surface area (Å²) in [6.45, 7) is 2.01. The van der Waals surface area contributed by atoms with E-state index in [1.54, 1.807) is 18.2 Å². The number of rotatable bonds is 4. The Bertz CT molecular complexity index is 330. The third-order valence-corrected chi connectivity index (χ3v) is 2.71. The first-order valence-corrected chi connectivity index (χ1v) is 5.32. The molecule has 1 aromatic carbocycles. The van der Waals surface area contributed by atoms with Crippen molar-refractivity contribution in [3.63, 3.8) is 0 Å². The van der Waals surface area contributed by atoms with E-state index in [9.17, 15) is 5.11 Å². The maximum absolute atomic E-state index is 9.93. The lowest BCUT2D eigenvalue weighted by molar-refractivity contribution is 0.156. The zero-order valence-corrected chi connectivity index (χ0v) is 9.75. The molecule has 1 rings (SSSR count). The monoisotopic (exact) mass is 228 g/mol. The lowest BCUT2D eigenvalue weighted by Gasteiger charge is -2.17. The van der Waals surface area contributed by atoms with Crippen molar-refractivity contribution in [1.82, 2.24) is 5.32 Å². The number of hydrogen-bond donors (Lipinski definition) is 3. The molecule has 0 bridgehead atoms. The van der Waals surface area contributed by atoms with Crippen molar-refractivity contribution < 1.29 is 5.11 Å². The Morgan fingerprint density at radius 1 is 1.53 bits per heavy atom. The number of nitrogen functional groups attached to an aromatic ring is 1. The van der Waals surface area contributed by atoms with E-state index in [4.69, 9.17) is 17.3 Å². The van der Waals surface area contributed by atoms with Gasteiger partial charge < -0.3 is 16.2 Å². The minimum absolute atomic E-state index is 0.245. The third kappa shape index (κ3) is 3.38. The summed E-state index contributed by atoms with van der Waals surface area (Å²) < 4.78 is 0. The molecule has 0 saturated heterocycles. The number of aliphatic hydroxyl groups excluding tert-OH is 1. The molecule has 0 spiro atoms. The van der Waals surface area contributed by atoms with Gasteiger partial charge in [-0.3, -0.25) is 0 Å². The summed E-state index contributed by atoms with van der Waals surface area (Å²) in [5, 5.41) is 13.6. The highest BCUT2D eigenvalue weighted by Crippen LogP contribution is 2.26. The van der Waals surface area contributed by atoms with Gasteiger partial charge in [0.25, 0.3) is 0 Å². The second kappa shape index (κ2) is 5.35. The zero-order valence-electron chi connectivity index (χ0n) is 9.00. The molecular weight excluding hydrogens is 212 g/mol. The number of nitrogens with one attached hydrogen (secondary N) is 1. The van der Waals surface area contributed by atoms with E-state index in [0.717, 1.165) is 5.56 Å². The normalized spacial score (nSPS) is 14.9. The average Bonchev–Trinajstić information content (AvgIpc) is 2.17. The van der Waals surface area contributed by atoms with Crippen LogP contribution in [0, 0.1) is 0 Å². The second-order valence-corrected chi connectivity index (χ2v) is 4.15. The van der Waals surface area contributed by atoms with Gasteiger partial charge in [-0.2, -0.15) is 0 Å². The predicted octanol–water partition coefficient (Wildman–Crippen LogP) is 1.95. The zero-order chi connectivity index (χ0) is 11.4. The van der Waals surface area contributed by atoms with Crippen LogP contribution >= 0.6 is 11.6 Å². The van der Waals surface area contributed by atoms with Crippen molar-refractivity contribution in [2.45, 2.75) is 25.5 Å². The summed E-state index contributed by atoms with van der Waals surface area (Å²) in [6.07, 6.45) is 0.0761. The van der Waals surface area contributed by atoms with Gasteiger partial charge in [-0.15, -0.1) is 0 Å². The van der Waals surface area contributed by atoms with E-state index in [2.05, 4.69) is 5.32 Å². The summed E-state index contributed by atoms with van der Waals surface area (Å²) in [7, 11) is 1.86. The smallest absolute Gasteiger partial charge is 0.0824 e. The largest absolute Gasteiger partial charge is 0.398 e. The number of aliphatic hydroxyl groups is 1. The summed E-state index contributed by atoms with van der Waals surface area (Å²) in [5.41, 5.74) is 7.05. The molecule has 4 heteroatoms. The fourth-order valence-electron chi connectivity index (χ4n) is 1.43. The quantitative estimate of drug-likeness (QED) is 0.691. The maximum Gasteiger partial charge on any atom is 0.0824 e. The minimum Gasteiger partial charge on any atom is -0.398 e. The van der Waals surface area contributed by atoms with Gasteiger partial charge in [0, 0.05) is 22.3 Å². The molecule has 3 nitrogen and oxygen atoms in total. The highest BCUT2D eigenvalue weighted by atomic mass is 35.5. The predicted molar refractivity (Wildman–Crippen MR) is 64.0 cm³/mol. The van der Waals surface area contributed by atoms with Crippen molar-refractivity contribution in [1.29, 1.82) is 0 Å². The molecule has 84 valence electrons. The van der Waals surface area contributed by atoms with E-state index < -0.39 is 6.10 Å². The van der Waals surface area contributed by atoms with Crippen LogP contribution in [0.3, 0.4) is 0 Å². The summed E-state index contributed by atoms with van der Waals surface area (Å²) in [5.74, 6) is 0. The number of anilines is 1. The van der Waals surface area contributed by atoms with Gasteiger partial charge >= 0.3 is 0 Å². The Kier molecular flexibility index (Phi) is 4.39. The van der Waals surface area contributed by atoms with Gasteiger partial charge in [-0.25, -0.2) is 0 Å². The van der Waals surface area contributed by atoms with Crippen molar-refractivity contribution in [2.24, 2.45) is 0 Å². The Hall–Kier alpha value is -0.770. The van der Waals surface area contributed by atoms with Crippen LogP contribution in [-0.4, -0.2) is 18.2 Å². The van der Waals surface area contributed by atoms with E-state index in [-0.39, 0.29) is 6.04 Å². The van der Waals surface area contributed by atoms with Crippen molar-refractivity contribution >= 4 is 17.3 Å². The summed E-state index contributed by atoms with van der Waals surface area (Å²) in [4.78, 5) is 0. The van der Waals surface area contributed by atoms with Gasteiger partial charge in [-0.1, -0.05) is 17.7 Å². The highest BCUT2D eigenvalue weighted by Gasteiger charge is 2.13. The van der Waals surface area contributed by atoms with E-state index in [1.807, 2.05) is 14.0 Å². The van der Waals surface area contributed by atoms with E-state index >= 15 is 0 Å². The molecule has 2 atom stereocenters. The van der Waals surface area contributed by atoms with Gasteiger partial charge in [0.2, 0.25) is 0 Å². The van der Waals surface area contributed by atoms with Gasteiger partial charge in [0.1, 0.15) is 0 Å². The highest BCUT2D eigenvalue weighted by molar-refractivity contribution is 6.30. The van der Waals surface area contributed by atoms with Gasteiger partial charge in [0.05, 0.1) is 6.10 Å². The molecule has 15 heavy (non-hydrogen) atoms. The Balaban J connectivity index is 2.77. The molecule has 0 aliphatic rings. The second-order valence-electron chi connectivity index (χ2n) is 3.71. The molecule has 0 radical (unpaired) electrons. The molecular formula is C11H17ClN2O. The first-order valence-electron chi connectivity index (χ1n) is 4.95. The molecule has 0 heterocycles. The van der Waals surface area contributed by atoms with Gasteiger partial charge in [0.15, 0.2) is 0 Å². The number of nitrogens with two attached hydrogens (primary N) is 1. The van der Waals surface area contributed by atoms with Gasteiger partial charge in [-0.05, 0) is 32.5 Å². The fourth-order valence-corrected chi connectivity index (χ4v) is 1.61. The fraction of sp³-hybridized carbons (Fsp3) is 0.455. The van der Waals surface area contributed by atoms with Crippen LogP contribution in [0.5, 0.6) is 0 Å². The van der Waals surface area contributed by atoms with E-state index in [1.165, 1.54) is 0 Å². The standard InChI is InChI=1S/C11H17ClN2O/c1-7(14-2)5-11(15)9-4-3-8(12)6-10(9)13/h3-4,6-7,11,14-15H,5,13H2,1-2H3. The molecule has 4 N–H and O–H groups in total. The third-order valence-electron chi connectivity index (χ3n) is 2.48. The molecule has 0 aromatic heterocycles. The Morgan fingerprint density at radius 2 is 2.20 bits per heavy atom. The summed E-state index contributed by atoms with van der Waals surface area (Å²) in [6, 6.07) is 5.41. The lowest BCUT2D eigenvalue weighted by Crippen LogP contribution is -2.23.